The summed E-state index contributed by atoms with van der Waals surface area (Å²) in [5, 5.41) is 15.7. The van der Waals surface area contributed by atoms with Crippen LogP contribution >= 0.6 is 0 Å². The van der Waals surface area contributed by atoms with Crippen LogP contribution in [0, 0.1) is 0 Å². The topological polar surface area (TPSA) is 93.4 Å². The molecular formula is C12H17N3O4. The highest BCUT2D eigenvalue weighted by Crippen LogP contribution is 2.35. The first-order valence-electron chi connectivity index (χ1n) is 6.08. The largest absolute Gasteiger partial charge is 0.481 e. The molecule has 7 heteroatoms. The third-order valence-corrected chi connectivity index (χ3v) is 3.46. The molecule has 1 aromatic rings. The van der Waals surface area contributed by atoms with Gasteiger partial charge < -0.3 is 15.2 Å². The Hall–Kier alpha value is -2.05. The van der Waals surface area contributed by atoms with Crippen molar-refractivity contribution >= 4 is 11.9 Å². The summed E-state index contributed by atoms with van der Waals surface area (Å²) in [5.74, 6) is -0.788. The quantitative estimate of drug-likeness (QED) is 0.812. The van der Waals surface area contributed by atoms with Crippen molar-refractivity contribution in [2.45, 2.75) is 31.2 Å². The minimum Gasteiger partial charge on any atom is -0.481 e. The highest BCUT2D eigenvalue weighted by molar-refractivity contribution is 5.93. The van der Waals surface area contributed by atoms with E-state index in [0.717, 1.165) is 6.42 Å². The van der Waals surface area contributed by atoms with Gasteiger partial charge in [0.15, 0.2) is 5.69 Å². The van der Waals surface area contributed by atoms with Crippen molar-refractivity contribution in [1.29, 1.82) is 0 Å². The number of rotatable bonds is 5. The van der Waals surface area contributed by atoms with E-state index in [1.54, 1.807) is 7.05 Å². The van der Waals surface area contributed by atoms with Gasteiger partial charge in [-0.05, 0) is 19.3 Å². The molecule has 0 aromatic carbocycles. The van der Waals surface area contributed by atoms with Crippen molar-refractivity contribution in [3.05, 3.63) is 11.8 Å². The fraction of sp³-hybridized carbons (Fsp3) is 0.583. The molecule has 1 aliphatic carbocycles. The van der Waals surface area contributed by atoms with Gasteiger partial charge in [-0.25, -0.2) is 4.68 Å². The summed E-state index contributed by atoms with van der Waals surface area (Å²) >= 11 is 0. The van der Waals surface area contributed by atoms with Crippen LogP contribution in [0.1, 0.15) is 36.2 Å². The van der Waals surface area contributed by atoms with Crippen LogP contribution in [0.3, 0.4) is 0 Å². The maximum absolute atomic E-state index is 12.1. The average molecular weight is 267 g/mol. The summed E-state index contributed by atoms with van der Waals surface area (Å²) in [4.78, 5) is 22.9. The van der Waals surface area contributed by atoms with Gasteiger partial charge in [0.2, 0.25) is 5.88 Å². The zero-order valence-corrected chi connectivity index (χ0v) is 11.0. The molecule has 2 N–H and O–H groups in total. The van der Waals surface area contributed by atoms with Crippen molar-refractivity contribution < 1.29 is 19.4 Å². The lowest BCUT2D eigenvalue weighted by Crippen LogP contribution is -2.54. The van der Waals surface area contributed by atoms with Crippen LogP contribution in [-0.2, 0) is 11.8 Å². The van der Waals surface area contributed by atoms with Crippen LogP contribution in [0.2, 0.25) is 0 Å². The predicted octanol–water partition coefficient (Wildman–Crippen LogP) is 0.556. The Balaban J connectivity index is 2.09. The number of amides is 1. The number of hydrogen-bond donors (Lipinski definition) is 2. The highest BCUT2D eigenvalue weighted by atomic mass is 16.5. The molecule has 1 aliphatic rings. The van der Waals surface area contributed by atoms with Crippen molar-refractivity contribution in [3.8, 4) is 5.88 Å². The monoisotopic (exact) mass is 267 g/mol. The van der Waals surface area contributed by atoms with E-state index in [-0.39, 0.29) is 18.0 Å². The molecule has 1 aromatic heterocycles. The number of aromatic nitrogens is 2. The van der Waals surface area contributed by atoms with Gasteiger partial charge in [-0.15, -0.1) is 0 Å². The molecule has 104 valence electrons. The first-order chi connectivity index (χ1) is 8.96. The molecule has 1 fully saturated rings. The Morgan fingerprint density at radius 1 is 1.58 bits per heavy atom. The molecule has 2 rings (SSSR count). The van der Waals surface area contributed by atoms with Crippen LogP contribution in [0.25, 0.3) is 0 Å². The summed E-state index contributed by atoms with van der Waals surface area (Å²) in [7, 11) is 3.17. The molecule has 0 unspecified atom stereocenters. The van der Waals surface area contributed by atoms with Gasteiger partial charge in [0.1, 0.15) is 0 Å². The van der Waals surface area contributed by atoms with Crippen molar-refractivity contribution in [1.82, 2.24) is 15.1 Å². The lowest BCUT2D eigenvalue weighted by atomic mass is 9.74. The standard InChI is InChI=1S/C12H17N3O4/c1-15-9(19-2)6-8(14-15)11(18)13-12(4-3-5-12)7-10(16)17/h6H,3-5,7H2,1-2H3,(H,13,18)(H,16,17). The van der Waals surface area contributed by atoms with E-state index in [9.17, 15) is 9.59 Å². The van der Waals surface area contributed by atoms with E-state index < -0.39 is 11.5 Å². The number of carboxylic acids is 1. The van der Waals surface area contributed by atoms with Gasteiger partial charge in [-0.2, -0.15) is 5.10 Å². The molecule has 1 amide bonds. The first-order valence-corrected chi connectivity index (χ1v) is 6.08. The van der Waals surface area contributed by atoms with Crippen molar-refractivity contribution in [3.63, 3.8) is 0 Å². The van der Waals surface area contributed by atoms with E-state index in [0.29, 0.717) is 18.7 Å². The lowest BCUT2D eigenvalue weighted by molar-refractivity contribution is -0.139. The molecule has 7 nitrogen and oxygen atoms in total. The summed E-state index contributed by atoms with van der Waals surface area (Å²) in [6.45, 7) is 0. The number of carbonyl (C=O) groups is 2. The second-order valence-corrected chi connectivity index (χ2v) is 4.85. The van der Waals surface area contributed by atoms with E-state index in [1.165, 1.54) is 17.9 Å². The van der Waals surface area contributed by atoms with Crippen molar-refractivity contribution in [2.24, 2.45) is 7.05 Å². The minimum atomic E-state index is -0.904. The second kappa shape index (κ2) is 4.91. The van der Waals surface area contributed by atoms with Gasteiger partial charge in [0.25, 0.3) is 5.91 Å². The summed E-state index contributed by atoms with van der Waals surface area (Å²) < 4.78 is 6.50. The number of ether oxygens (including phenoxy) is 1. The Labute approximate surface area is 110 Å². The number of methoxy groups -OCH3 is 1. The normalized spacial score (nSPS) is 16.5. The number of hydrogen-bond acceptors (Lipinski definition) is 4. The predicted molar refractivity (Wildman–Crippen MR) is 66.1 cm³/mol. The lowest BCUT2D eigenvalue weighted by Gasteiger charge is -2.41. The Bertz CT molecular complexity index is 505. The fourth-order valence-corrected chi connectivity index (χ4v) is 2.30. The van der Waals surface area contributed by atoms with Gasteiger partial charge >= 0.3 is 5.97 Å². The molecule has 0 spiro atoms. The van der Waals surface area contributed by atoms with Gasteiger partial charge in [0.05, 0.1) is 19.1 Å². The maximum atomic E-state index is 12.1. The number of nitrogens with one attached hydrogen (secondary N) is 1. The van der Waals surface area contributed by atoms with Gasteiger partial charge in [0, 0.05) is 13.1 Å². The van der Waals surface area contributed by atoms with E-state index in [1.807, 2.05) is 0 Å². The molecule has 1 saturated carbocycles. The van der Waals surface area contributed by atoms with E-state index >= 15 is 0 Å². The molecule has 0 radical (unpaired) electrons. The first kappa shape index (κ1) is 13.4. The molecule has 0 atom stereocenters. The average Bonchev–Trinajstić information content (AvgIpc) is 2.67. The molecule has 0 saturated heterocycles. The van der Waals surface area contributed by atoms with E-state index in [4.69, 9.17) is 9.84 Å². The smallest absolute Gasteiger partial charge is 0.305 e. The summed E-state index contributed by atoms with van der Waals surface area (Å²) in [6.07, 6.45) is 2.26. The van der Waals surface area contributed by atoms with Crippen molar-refractivity contribution in [2.75, 3.05) is 7.11 Å². The highest BCUT2D eigenvalue weighted by Gasteiger charge is 2.40. The fourth-order valence-electron chi connectivity index (χ4n) is 2.30. The third kappa shape index (κ3) is 2.69. The number of carboxylic acid groups (broad SMARTS) is 1. The van der Waals surface area contributed by atoms with Gasteiger partial charge in [-0.3, -0.25) is 9.59 Å². The SMILES string of the molecule is COc1cc(C(=O)NC2(CC(=O)O)CCC2)nn1C. The Morgan fingerprint density at radius 3 is 2.68 bits per heavy atom. The summed E-state index contributed by atoms with van der Waals surface area (Å²) in [5.41, 5.74) is -0.385. The molecule has 19 heavy (non-hydrogen) atoms. The van der Waals surface area contributed by atoms with Crippen LogP contribution in [0.5, 0.6) is 5.88 Å². The van der Waals surface area contributed by atoms with E-state index in [2.05, 4.69) is 10.4 Å². The van der Waals surface area contributed by atoms with Crippen LogP contribution in [0.4, 0.5) is 0 Å². The van der Waals surface area contributed by atoms with Crippen LogP contribution < -0.4 is 10.1 Å². The number of aryl methyl sites for hydroxylation is 1. The third-order valence-electron chi connectivity index (χ3n) is 3.46. The zero-order chi connectivity index (χ0) is 14.0. The molecule has 0 bridgehead atoms. The zero-order valence-electron chi connectivity index (χ0n) is 11.0. The second-order valence-electron chi connectivity index (χ2n) is 4.85. The number of nitrogens with zero attached hydrogens (tertiary/aromatic N) is 2. The molecular weight excluding hydrogens is 250 g/mol. The Morgan fingerprint density at radius 2 is 2.26 bits per heavy atom. The number of aliphatic carboxylic acids is 1. The van der Waals surface area contributed by atoms with Crippen LogP contribution in [0.15, 0.2) is 6.07 Å². The van der Waals surface area contributed by atoms with Crippen LogP contribution in [-0.4, -0.2) is 39.4 Å². The maximum Gasteiger partial charge on any atom is 0.305 e. The summed E-state index contributed by atoms with van der Waals surface area (Å²) in [6, 6.07) is 1.53. The Kier molecular flexibility index (Phi) is 3.46. The molecule has 0 aliphatic heterocycles. The number of carbonyl (C=O) groups excluding carboxylic acids is 1. The minimum absolute atomic E-state index is 0.0529. The van der Waals surface area contributed by atoms with Gasteiger partial charge in [-0.1, -0.05) is 0 Å². The molecule has 1 heterocycles.